The van der Waals surface area contributed by atoms with Gasteiger partial charge < -0.3 is 0 Å². The molecule has 0 bridgehead atoms. The predicted molar refractivity (Wildman–Crippen MR) is 133 cm³/mol. The van der Waals surface area contributed by atoms with Crippen LogP contribution in [-0.4, -0.2) is 15.1 Å². The zero-order valence-corrected chi connectivity index (χ0v) is 19.1. The fraction of sp³-hybridized carbons (Fsp3) is 0.0345. The maximum Gasteiger partial charge on any atom is 0.337 e. The lowest BCUT2D eigenvalue weighted by molar-refractivity contribution is -0.989. The van der Waals surface area contributed by atoms with Gasteiger partial charge in [-0.1, -0.05) is 94.3 Å². The molecule has 0 fully saturated rings. The molecule has 0 aliphatic heterocycles. The number of aromatic amines is 1. The number of hydrogen-bond acceptors (Lipinski definition) is 1. The van der Waals surface area contributed by atoms with Gasteiger partial charge in [0.05, 0.1) is 5.56 Å². The Balaban J connectivity index is 1.43. The van der Waals surface area contributed by atoms with Gasteiger partial charge in [0.25, 0.3) is 6.20 Å². The molecule has 0 saturated carbocycles. The molecule has 0 aliphatic carbocycles. The fourth-order valence-electron chi connectivity index (χ4n) is 4.25. The first-order chi connectivity index (χ1) is 17.3. The van der Waals surface area contributed by atoms with E-state index in [1.165, 1.54) is 0 Å². The quantitative estimate of drug-likeness (QED) is 0.379. The minimum Gasteiger partial charge on any atom is -0.0940 e. The monoisotopic (exact) mass is 457 g/mol. The van der Waals surface area contributed by atoms with E-state index in [4.69, 9.17) is 5.21 Å². The number of benzene rings is 4. The number of para-hydroxylation sites is 2. The normalized spacial score (nSPS) is 11.0. The van der Waals surface area contributed by atoms with Gasteiger partial charge in [0.1, 0.15) is 5.21 Å². The van der Waals surface area contributed by atoms with Gasteiger partial charge in [0, 0.05) is 22.9 Å². The summed E-state index contributed by atoms with van der Waals surface area (Å²) in [5, 5.41) is 8.44. The maximum absolute atomic E-state index is 4.92. The molecule has 0 radical (unpaired) electrons. The Morgan fingerprint density at radius 3 is 1.86 bits per heavy atom. The van der Waals surface area contributed by atoms with Crippen molar-refractivity contribution < 1.29 is 14.0 Å². The average molecular weight is 458 g/mol. The van der Waals surface area contributed by atoms with Gasteiger partial charge in [0.2, 0.25) is 11.4 Å². The summed E-state index contributed by atoms with van der Waals surface area (Å²) < 4.78 is 8.09. The van der Waals surface area contributed by atoms with Crippen LogP contribution in [-0.2, 0) is 6.67 Å². The summed E-state index contributed by atoms with van der Waals surface area (Å²) in [4.78, 5) is 0. The van der Waals surface area contributed by atoms with Crippen molar-refractivity contribution in [3.05, 3.63) is 134 Å². The first-order valence-corrected chi connectivity index (χ1v) is 11.6. The molecule has 4 aromatic carbocycles. The molecular formula is C29H25N6+3. The fourth-order valence-corrected chi connectivity index (χ4v) is 4.25. The number of aromatic nitrogens is 6. The third-order valence-corrected chi connectivity index (χ3v) is 5.90. The van der Waals surface area contributed by atoms with Gasteiger partial charge >= 0.3 is 12.4 Å². The molecule has 35 heavy (non-hydrogen) atoms. The van der Waals surface area contributed by atoms with Crippen molar-refractivity contribution in [2.24, 2.45) is 0 Å². The zero-order chi connectivity index (χ0) is 23.5. The minimum atomic E-state index is 0.527. The Bertz CT molecular complexity index is 1310. The van der Waals surface area contributed by atoms with Crippen molar-refractivity contribution in [3.63, 3.8) is 0 Å². The maximum atomic E-state index is 4.92. The van der Waals surface area contributed by atoms with Crippen LogP contribution in [0.5, 0.6) is 0 Å². The molecule has 6 aromatic rings. The van der Waals surface area contributed by atoms with Crippen molar-refractivity contribution in [3.8, 4) is 33.9 Å². The summed E-state index contributed by atoms with van der Waals surface area (Å²) in [6, 6.07) is 41.3. The van der Waals surface area contributed by atoms with E-state index >= 15 is 0 Å². The Labute approximate surface area is 203 Å². The molecule has 2 aromatic heterocycles. The summed E-state index contributed by atoms with van der Waals surface area (Å²) in [5.74, 6) is 0. The highest BCUT2D eigenvalue weighted by Gasteiger charge is 2.29. The molecule has 0 aliphatic rings. The summed E-state index contributed by atoms with van der Waals surface area (Å²) in [6.07, 6.45) is 4.21. The second kappa shape index (κ2) is 9.19. The van der Waals surface area contributed by atoms with E-state index in [9.17, 15) is 0 Å². The van der Waals surface area contributed by atoms with Crippen LogP contribution in [0.4, 0.5) is 0 Å². The average Bonchev–Trinajstić information content (AvgIpc) is 3.56. The molecule has 2 heterocycles. The van der Waals surface area contributed by atoms with E-state index < -0.39 is 0 Å². The van der Waals surface area contributed by atoms with E-state index in [1.54, 1.807) is 0 Å². The Morgan fingerprint density at radius 1 is 0.629 bits per heavy atom. The van der Waals surface area contributed by atoms with Crippen LogP contribution < -0.4 is 14.0 Å². The second-order valence-electron chi connectivity index (χ2n) is 8.32. The van der Waals surface area contributed by atoms with Gasteiger partial charge in [-0.2, -0.15) is 0 Å². The largest absolute Gasteiger partial charge is 0.337 e. The number of nitrogens with zero attached hydrogens (tertiary/aromatic N) is 5. The highest BCUT2D eigenvalue weighted by atomic mass is 15.6. The summed E-state index contributed by atoms with van der Waals surface area (Å²) in [6.45, 7) is 0.527. The molecular weight excluding hydrogens is 432 g/mol. The number of hydrogen-bond donors (Lipinski definition) is 1. The van der Waals surface area contributed by atoms with Crippen LogP contribution >= 0.6 is 0 Å². The van der Waals surface area contributed by atoms with Crippen molar-refractivity contribution in [1.82, 2.24) is 15.1 Å². The highest BCUT2D eigenvalue weighted by Crippen LogP contribution is 2.20. The van der Waals surface area contributed by atoms with E-state index in [2.05, 4.69) is 95.1 Å². The third-order valence-electron chi connectivity index (χ3n) is 5.90. The second-order valence-corrected chi connectivity index (χ2v) is 8.32. The van der Waals surface area contributed by atoms with Crippen molar-refractivity contribution >= 4 is 0 Å². The highest BCUT2D eigenvalue weighted by molar-refractivity contribution is 5.60. The SMILES string of the molecule is c1ccc(-c2c[n+](C[n+]3cc(-c4ccccc4)[n+](-c4ccccc4)[nH]3)nn2-c2ccccc2)cc1. The van der Waals surface area contributed by atoms with Crippen molar-refractivity contribution in [2.45, 2.75) is 6.67 Å². The molecule has 6 nitrogen and oxygen atoms in total. The van der Waals surface area contributed by atoms with Crippen LogP contribution in [0.25, 0.3) is 33.9 Å². The van der Waals surface area contributed by atoms with Gasteiger partial charge in [-0.3, -0.25) is 0 Å². The smallest absolute Gasteiger partial charge is 0.0940 e. The Kier molecular flexibility index (Phi) is 5.45. The topological polar surface area (TPSA) is 45.2 Å². The molecule has 0 atom stereocenters. The van der Waals surface area contributed by atoms with E-state index in [-0.39, 0.29) is 0 Å². The summed E-state index contributed by atoms with van der Waals surface area (Å²) in [7, 11) is 0. The minimum absolute atomic E-state index is 0.527. The van der Waals surface area contributed by atoms with Crippen molar-refractivity contribution in [2.75, 3.05) is 0 Å². The molecule has 1 N–H and O–H groups in total. The number of rotatable bonds is 6. The summed E-state index contributed by atoms with van der Waals surface area (Å²) in [5.41, 5.74) is 6.44. The van der Waals surface area contributed by atoms with E-state index in [0.717, 1.165) is 33.9 Å². The number of nitrogens with one attached hydrogen (secondary N) is 1. The standard InChI is InChI=1S/C29H24N6/c1-5-13-24(14-6-1)28-21-32(30-34(28)26-17-9-3-10-18-26)23-33-22-29(25-15-7-2-8-16-25)35(31-33)27-19-11-4-12-20-27/h1-22H,23H2/q+2/p+1. The molecule has 0 unspecified atom stereocenters. The Hall–Kier alpha value is -4.84. The molecule has 6 heteroatoms. The van der Waals surface area contributed by atoms with Gasteiger partial charge in [0.15, 0.2) is 11.9 Å². The lowest BCUT2D eigenvalue weighted by Gasteiger charge is -1.98. The first-order valence-electron chi connectivity index (χ1n) is 11.6. The molecule has 0 spiro atoms. The van der Waals surface area contributed by atoms with Gasteiger partial charge in [-0.25, -0.2) is 0 Å². The molecule has 0 saturated heterocycles. The van der Waals surface area contributed by atoms with E-state index in [0.29, 0.717) is 6.67 Å². The number of H-pyrrole nitrogens is 1. The molecule has 168 valence electrons. The molecule has 0 amide bonds. The van der Waals surface area contributed by atoms with Gasteiger partial charge in [-0.05, 0) is 33.6 Å². The lowest BCUT2D eigenvalue weighted by atomic mass is 10.1. The summed E-state index contributed by atoms with van der Waals surface area (Å²) >= 11 is 0. The third kappa shape index (κ3) is 4.25. The lowest BCUT2D eigenvalue weighted by Crippen LogP contribution is -2.56. The molecule has 6 rings (SSSR count). The van der Waals surface area contributed by atoms with Crippen molar-refractivity contribution in [1.29, 1.82) is 0 Å². The Morgan fingerprint density at radius 2 is 1.20 bits per heavy atom. The van der Waals surface area contributed by atoms with Crippen LogP contribution in [0, 0.1) is 0 Å². The van der Waals surface area contributed by atoms with Crippen LogP contribution in [0.3, 0.4) is 0 Å². The first kappa shape index (κ1) is 20.7. The van der Waals surface area contributed by atoms with Crippen LogP contribution in [0.1, 0.15) is 0 Å². The van der Waals surface area contributed by atoms with Crippen LogP contribution in [0.15, 0.2) is 134 Å². The predicted octanol–water partition coefficient (Wildman–Crippen LogP) is 3.89. The van der Waals surface area contributed by atoms with Gasteiger partial charge in [-0.15, -0.1) is 0 Å². The van der Waals surface area contributed by atoms with Crippen LogP contribution in [0.2, 0.25) is 0 Å². The zero-order valence-electron chi connectivity index (χ0n) is 19.1. The van der Waals surface area contributed by atoms with E-state index in [1.807, 2.05) is 62.6 Å².